The molecule has 1 aliphatic rings. The largest absolute Gasteiger partial charge is 0.492 e. The first-order valence-electron chi connectivity index (χ1n) is 8.33. The summed E-state index contributed by atoms with van der Waals surface area (Å²) in [6.07, 6.45) is 0. The lowest BCUT2D eigenvalue weighted by Crippen LogP contribution is -2.25. The van der Waals surface area contributed by atoms with Crippen molar-refractivity contribution in [2.45, 2.75) is 37.1 Å². The van der Waals surface area contributed by atoms with Crippen LogP contribution in [-0.4, -0.2) is 31.7 Å². The molecule has 2 aromatic rings. The quantitative estimate of drug-likeness (QED) is 0.835. The zero-order chi connectivity index (χ0) is 18.0. The van der Waals surface area contributed by atoms with Crippen LogP contribution in [0.4, 0.5) is 4.39 Å². The molecule has 25 heavy (non-hydrogen) atoms. The first kappa shape index (κ1) is 17.9. The van der Waals surface area contributed by atoms with E-state index in [2.05, 4.69) is 4.90 Å². The Morgan fingerprint density at radius 1 is 1.16 bits per heavy atom. The van der Waals surface area contributed by atoms with Crippen LogP contribution in [0, 0.1) is 5.82 Å². The second-order valence-electron chi connectivity index (χ2n) is 6.51. The van der Waals surface area contributed by atoms with Crippen LogP contribution < -0.4 is 4.74 Å². The maximum Gasteiger partial charge on any atom is 0.180 e. The Labute approximate surface area is 148 Å². The number of sulfone groups is 1. The summed E-state index contributed by atoms with van der Waals surface area (Å²) in [7, 11) is -3.26. The molecule has 0 fully saturated rings. The maximum absolute atomic E-state index is 14.1. The molecular formula is C19H22FNO3S. The summed E-state index contributed by atoms with van der Waals surface area (Å²) < 4.78 is 44.0. The molecule has 1 heterocycles. The van der Waals surface area contributed by atoms with Gasteiger partial charge in [-0.1, -0.05) is 18.2 Å². The van der Waals surface area contributed by atoms with E-state index in [1.165, 1.54) is 6.07 Å². The number of hydrogen-bond acceptors (Lipinski definition) is 4. The molecule has 0 amide bonds. The molecule has 6 heteroatoms. The summed E-state index contributed by atoms with van der Waals surface area (Å²) in [5.41, 5.74) is 1.56. The zero-order valence-corrected chi connectivity index (χ0v) is 15.2. The third-order valence-electron chi connectivity index (χ3n) is 4.40. The number of nitrogens with zero attached hydrogens (tertiary/aromatic N) is 1. The molecule has 4 nitrogen and oxygen atoms in total. The first-order chi connectivity index (χ1) is 11.9. The fraction of sp³-hybridized carbons (Fsp3) is 0.368. The van der Waals surface area contributed by atoms with Gasteiger partial charge in [0.1, 0.15) is 18.2 Å². The molecule has 0 bridgehead atoms. The van der Waals surface area contributed by atoms with E-state index in [0.717, 1.165) is 5.56 Å². The second kappa shape index (κ2) is 7.14. The highest BCUT2D eigenvalue weighted by atomic mass is 32.2. The predicted octanol–water partition coefficient (Wildman–Crippen LogP) is 3.40. The van der Waals surface area contributed by atoms with Crippen LogP contribution in [-0.2, 0) is 22.9 Å². The Hall–Kier alpha value is -1.92. The zero-order valence-electron chi connectivity index (χ0n) is 14.4. The maximum atomic E-state index is 14.1. The van der Waals surface area contributed by atoms with Crippen LogP contribution >= 0.6 is 0 Å². The number of rotatable bonds is 4. The average Bonchev–Trinajstić information content (AvgIpc) is 2.78. The third kappa shape index (κ3) is 3.85. The molecule has 0 aliphatic carbocycles. The minimum atomic E-state index is -3.26. The fourth-order valence-corrected chi connectivity index (χ4v) is 3.92. The van der Waals surface area contributed by atoms with E-state index in [-0.39, 0.29) is 5.82 Å². The molecule has 0 aromatic heterocycles. The number of halogens is 1. The number of ether oxygens (including phenoxy) is 1. The molecule has 134 valence electrons. The standard InChI is InChI=1S/C19H22FNO3S/c1-14(2)25(22,23)16-8-6-15(7-9-16)12-21-10-11-24-19-5-3-4-18(20)17(19)13-21/h3-9,14H,10-13H2,1-2H3. The summed E-state index contributed by atoms with van der Waals surface area (Å²) in [5.74, 6) is 0.337. The molecule has 0 saturated carbocycles. The van der Waals surface area contributed by atoms with Crippen LogP contribution in [0.2, 0.25) is 0 Å². The van der Waals surface area contributed by atoms with Gasteiger partial charge in [0.2, 0.25) is 0 Å². The van der Waals surface area contributed by atoms with Crippen molar-refractivity contribution in [2.75, 3.05) is 13.2 Å². The van der Waals surface area contributed by atoms with Gasteiger partial charge in [-0.2, -0.15) is 0 Å². The Morgan fingerprint density at radius 2 is 1.88 bits per heavy atom. The van der Waals surface area contributed by atoms with Gasteiger partial charge in [0.25, 0.3) is 0 Å². The van der Waals surface area contributed by atoms with Crippen molar-refractivity contribution in [3.05, 3.63) is 59.4 Å². The predicted molar refractivity (Wildman–Crippen MR) is 94.8 cm³/mol. The molecule has 0 saturated heterocycles. The smallest absolute Gasteiger partial charge is 0.180 e. The molecule has 1 aliphatic heterocycles. The number of benzene rings is 2. The van der Waals surface area contributed by atoms with Crippen molar-refractivity contribution < 1.29 is 17.5 Å². The van der Waals surface area contributed by atoms with Crippen molar-refractivity contribution in [3.63, 3.8) is 0 Å². The van der Waals surface area contributed by atoms with Gasteiger partial charge in [-0.05, 0) is 43.7 Å². The van der Waals surface area contributed by atoms with E-state index in [0.29, 0.717) is 42.4 Å². The van der Waals surface area contributed by atoms with Crippen molar-refractivity contribution >= 4 is 9.84 Å². The van der Waals surface area contributed by atoms with E-state index >= 15 is 0 Å². The molecule has 0 atom stereocenters. The summed E-state index contributed by atoms with van der Waals surface area (Å²) in [4.78, 5) is 2.43. The van der Waals surface area contributed by atoms with Gasteiger partial charge in [-0.15, -0.1) is 0 Å². The lowest BCUT2D eigenvalue weighted by molar-refractivity contribution is 0.219. The SMILES string of the molecule is CC(C)S(=O)(=O)c1ccc(CN2CCOc3cccc(F)c3C2)cc1. The molecule has 2 aromatic carbocycles. The van der Waals surface area contributed by atoms with Crippen LogP contribution in [0.1, 0.15) is 25.0 Å². The molecule has 0 spiro atoms. The summed E-state index contributed by atoms with van der Waals surface area (Å²) >= 11 is 0. The Balaban J connectivity index is 1.76. The lowest BCUT2D eigenvalue weighted by Gasteiger charge is -2.19. The van der Waals surface area contributed by atoms with Gasteiger partial charge >= 0.3 is 0 Å². The van der Waals surface area contributed by atoms with E-state index in [1.54, 1.807) is 38.1 Å². The molecule has 0 unspecified atom stereocenters. The van der Waals surface area contributed by atoms with Gasteiger partial charge < -0.3 is 4.74 Å². The Kier molecular flexibility index (Phi) is 5.11. The second-order valence-corrected chi connectivity index (χ2v) is 9.02. The van der Waals surface area contributed by atoms with Gasteiger partial charge in [0.15, 0.2) is 9.84 Å². The lowest BCUT2D eigenvalue weighted by atomic mass is 10.1. The highest BCUT2D eigenvalue weighted by Crippen LogP contribution is 2.26. The van der Waals surface area contributed by atoms with Crippen LogP contribution in [0.3, 0.4) is 0 Å². The first-order valence-corrected chi connectivity index (χ1v) is 9.88. The average molecular weight is 363 g/mol. The highest BCUT2D eigenvalue weighted by Gasteiger charge is 2.20. The van der Waals surface area contributed by atoms with Crippen LogP contribution in [0.5, 0.6) is 5.75 Å². The normalized spacial score (nSPS) is 15.5. The van der Waals surface area contributed by atoms with Crippen molar-refractivity contribution in [1.29, 1.82) is 0 Å². The van der Waals surface area contributed by atoms with E-state index in [1.807, 2.05) is 12.1 Å². The summed E-state index contributed by atoms with van der Waals surface area (Å²) in [5, 5.41) is -0.444. The minimum Gasteiger partial charge on any atom is -0.492 e. The highest BCUT2D eigenvalue weighted by molar-refractivity contribution is 7.92. The van der Waals surface area contributed by atoms with Crippen LogP contribution in [0.25, 0.3) is 0 Å². The van der Waals surface area contributed by atoms with Gasteiger partial charge in [0, 0.05) is 25.2 Å². The van der Waals surface area contributed by atoms with Crippen molar-refractivity contribution in [2.24, 2.45) is 0 Å². The van der Waals surface area contributed by atoms with Gasteiger partial charge in [-0.3, -0.25) is 4.90 Å². The summed E-state index contributed by atoms with van der Waals surface area (Å²) in [6.45, 7) is 5.60. The van der Waals surface area contributed by atoms with Crippen LogP contribution in [0.15, 0.2) is 47.4 Å². The molecule has 0 N–H and O–H groups in total. The van der Waals surface area contributed by atoms with Crippen molar-refractivity contribution in [3.8, 4) is 5.75 Å². The molecular weight excluding hydrogens is 341 g/mol. The fourth-order valence-electron chi connectivity index (χ4n) is 2.86. The van der Waals surface area contributed by atoms with Gasteiger partial charge in [0.05, 0.1) is 10.1 Å². The van der Waals surface area contributed by atoms with E-state index in [4.69, 9.17) is 4.74 Å². The minimum absolute atomic E-state index is 0.261. The Bertz CT molecular complexity index is 847. The third-order valence-corrected chi connectivity index (χ3v) is 6.57. The van der Waals surface area contributed by atoms with E-state index in [9.17, 15) is 12.8 Å². The van der Waals surface area contributed by atoms with Crippen molar-refractivity contribution in [1.82, 2.24) is 4.90 Å². The molecule has 0 radical (unpaired) electrons. The Morgan fingerprint density at radius 3 is 2.56 bits per heavy atom. The molecule has 3 rings (SSSR count). The van der Waals surface area contributed by atoms with E-state index < -0.39 is 15.1 Å². The monoisotopic (exact) mass is 363 g/mol. The number of hydrogen-bond donors (Lipinski definition) is 0. The topological polar surface area (TPSA) is 46.6 Å². The number of fused-ring (bicyclic) bond motifs is 1. The van der Waals surface area contributed by atoms with Gasteiger partial charge in [-0.25, -0.2) is 12.8 Å². The summed E-state index contributed by atoms with van der Waals surface area (Å²) in [6, 6.07) is 11.8.